The van der Waals surface area contributed by atoms with E-state index in [2.05, 4.69) is 0 Å². The smallest absolute Gasteiger partial charge is 0.295 e. The van der Waals surface area contributed by atoms with Crippen LogP contribution in [0.1, 0.15) is 33.2 Å². The van der Waals surface area contributed by atoms with Gasteiger partial charge in [-0.1, -0.05) is 24.3 Å². The maximum Gasteiger partial charge on any atom is 0.295 e. The van der Waals surface area contributed by atoms with E-state index in [1.54, 1.807) is 31.4 Å². The predicted molar refractivity (Wildman–Crippen MR) is 128 cm³/mol. The fraction of sp³-hybridized carbons (Fsp3) is 0.231. The highest BCUT2D eigenvalue weighted by Crippen LogP contribution is 2.43. The maximum absolute atomic E-state index is 13.2. The van der Waals surface area contributed by atoms with Crippen molar-refractivity contribution in [1.29, 1.82) is 0 Å². The van der Waals surface area contributed by atoms with Crippen LogP contribution in [0.2, 0.25) is 0 Å². The van der Waals surface area contributed by atoms with E-state index in [-0.39, 0.29) is 17.9 Å². The van der Waals surface area contributed by atoms with Gasteiger partial charge >= 0.3 is 0 Å². The van der Waals surface area contributed by atoms with Crippen LogP contribution in [0.5, 0.6) is 11.5 Å². The van der Waals surface area contributed by atoms with Gasteiger partial charge < -0.3 is 19.5 Å². The van der Waals surface area contributed by atoms with E-state index in [9.17, 15) is 14.7 Å². The Morgan fingerprint density at radius 2 is 1.76 bits per heavy atom. The van der Waals surface area contributed by atoms with Crippen LogP contribution in [0.25, 0.3) is 5.76 Å². The van der Waals surface area contributed by atoms with Gasteiger partial charge in [0, 0.05) is 10.4 Å². The van der Waals surface area contributed by atoms with Gasteiger partial charge in [-0.15, -0.1) is 11.3 Å². The summed E-state index contributed by atoms with van der Waals surface area (Å²) in [5.74, 6) is -0.533. The first-order valence-corrected chi connectivity index (χ1v) is 11.3. The number of Topliss-reactive ketones (excluding diaryl/α,β-unsaturated/α-hetero) is 1. The lowest BCUT2D eigenvalue weighted by Gasteiger charge is -2.25. The van der Waals surface area contributed by atoms with Gasteiger partial charge in [-0.3, -0.25) is 9.59 Å². The number of hydrogen-bond acceptors (Lipinski definition) is 6. The number of benzene rings is 2. The highest BCUT2D eigenvalue weighted by Gasteiger charge is 2.46. The Bertz CT molecular complexity index is 1250. The number of likely N-dealkylation sites (tertiary alicyclic amines) is 1. The summed E-state index contributed by atoms with van der Waals surface area (Å²) in [4.78, 5) is 28.8. The van der Waals surface area contributed by atoms with Gasteiger partial charge in [0.05, 0.1) is 32.4 Å². The van der Waals surface area contributed by atoms with Crippen LogP contribution in [0.3, 0.4) is 0 Å². The number of ketones is 1. The predicted octanol–water partition coefficient (Wildman–Crippen LogP) is 5.00. The lowest BCUT2D eigenvalue weighted by atomic mass is 9.94. The van der Waals surface area contributed by atoms with E-state index >= 15 is 0 Å². The zero-order chi connectivity index (χ0) is 23.7. The van der Waals surface area contributed by atoms with Crippen molar-refractivity contribution in [3.63, 3.8) is 0 Å². The summed E-state index contributed by atoms with van der Waals surface area (Å²) in [6.07, 6.45) is 0. The van der Waals surface area contributed by atoms with Gasteiger partial charge in [0.25, 0.3) is 11.7 Å². The van der Waals surface area contributed by atoms with Gasteiger partial charge in [-0.25, -0.2) is 0 Å². The summed E-state index contributed by atoms with van der Waals surface area (Å²) < 4.78 is 10.8. The Morgan fingerprint density at radius 1 is 1.00 bits per heavy atom. The monoisotopic (exact) mass is 463 g/mol. The fourth-order valence-electron chi connectivity index (χ4n) is 4.03. The third kappa shape index (κ3) is 4.12. The number of aliphatic hydroxyl groups excluding tert-OH is 1. The lowest BCUT2D eigenvalue weighted by molar-refractivity contribution is -0.140. The van der Waals surface area contributed by atoms with E-state index < -0.39 is 17.7 Å². The van der Waals surface area contributed by atoms with Crippen molar-refractivity contribution in [2.24, 2.45) is 0 Å². The van der Waals surface area contributed by atoms with Gasteiger partial charge in [0.1, 0.15) is 5.76 Å². The second-order valence-corrected chi connectivity index (χ2v) is 8.95. The molecule has 3 aromatic rings. The molecule has 1 aliphatic rings. The van der Waals surface area contributed by atoms with Crippen molar-refractivity contribution in [3.05, 3.63) is 86.6 Å². The number of methoxy groups -OCH3 is 2. The molecule has 1 fully saturated rings. The molecule has 0 radical (unpaired) electrons. The average Bonchev–Trinajstić information content (AvgIpc) is 3.42. The molecule has 1 aliphatic heterocycles. The standard InChI is InChI=1S/C26H25NO5S/c1-15-7-8-18(12-16(15)2)24(28)22-23(17-9-10-20(31-3)21(13-17)32-4)27(26(30)25(22)29)14-19-6-5-11-33-19/h5-13,23,28H,14H2,1-4H3/b24-22-. The number of carbonyl (C=O) groups is 2. The first kappa shape index (κ1) is 22.6. The number of thiophene rings is 1. The summed E-state index contributed by atoms with van der Waals surface area (Å²) in [5, 5.41) is 13.2. The largest absolute Gasteiger partial charge is 0.507 e. The molecule has 1 atom stereocenters. The van der Waals surface area contributed by atoms with Crippen LogP contribution in [0.15, 0.2) is 59.5 Å². The summed E-state index contributed by atoms with van der Waals surface area (Å²) in [7, 11) is 3.07. The van der Waals surface area contributed by atoms with Crippen LogP contribution in [0.4, 0.5) is 0 Å². The van der Waals surface area contributed by atoms with Gasteiger partial charge in [0.2, 0.25) is 0 Å². The zero-order valence-electron chi connectivity index (χ0n) is 18.9. The van der Waals surface area contributed by atoms with Crippen molar-refractivity contribution < 1.29 is 24.2 Å². The van der Waals surface area contributed by atoms with Crippen LogP contribution < -0.4 is 9.47 Å². The van der Waals surface area contributed by atoms with Gasteiger partial charge in [-0.2, -0.15) is 0 Å². The van der Waals surface area contributed by atoms with Crippen LogP contribution >= 0.6 is 11.3 Å². The van der Waals surface area contributed by atoms with Crippen molar-refractivity contribution in [3.8, 4) is 11.5 Å². The highest BCUT2D eigenvalue weighted by atomic mass is 32.1. The molecule has 1 aromatic heterocycles. The number of ether oxygens (including phenoxy) is 2. The number of amides is 1. The van der Waals surface area contributed by atoms with Gasteiger partial charge in [-0.05, 0) is 60.2 Å². The zero-order valence-corrected chi connectivity index (χ0v) is 19.7. The summed E-state index contributed by atoms with van der Waals surface area (Å²) in [6, 6.07) is 13.8. The minimum atomic E-state index is -0.770. The normalized spacial score (nSPS) is 17.5. The number of aliphatic hydroxyl groups is 1. The Hall–Kier alpha value is -3.58. The van der Waals surface area contributed by atoms with E-state index in [0.29, 0.717) is 22.6 Å². The number of hydrogen-bond donors (Lipinski definition) is 1. The molecule has 7 heteroatoms. The summed E-state index contributed by atoms with van der Waals surface area (Å²) in [6.45, 7) is 4.17. The van der Waals surface area contributed by atoms with Crippen molar-refractivity contribution in [1.82, 2.24) is 4.90 Å². The average molecular weight is 464 g/mol. The van der Waals surface area contributed by atoms with Crippen LogP contribution in [-0.4, -0.2) is 35.9 Å². The molecule has 0 saturated carbocycles. The van der Waals surface area contributed by atoms with Crippen LogP contribution in [-0.2, 0) is 16.1 Å². The fourth-order valence-corrected chi connectivity index (χ4v) is 4.73. The molecule has 170 valence electrons. The molecule has 1 amide bonds. The molecule has 2 aromatic carbocycles. The third-order valence-electron chi connectivity index (χ3n) is 5.95. The third-order valence-corrected chi connectivity index (χ3v) is 6.81. The Morgan fingerprint density at radius 3 is 2.39 bits per heavy atom. The number of aryl methyl sites for hydroxylation is 2. The van der Waals surface area contributed by atoms with E-state index in [1.165, 1.54) is 23.3 Å². The first-order chi connectivity index (χ1) is 15.8. The summed E-state index contributed by atoms with van der Waals surface area (Å²) in [5.41, 5.74) is 3.26. The molecule has 0 spiro atoms. The summed E-state index contributed by atoms with van der Waals surface area (Å²) >= 11 is 1.51. The van der Waals surface area contributed by atoms with Crippen molar-refractivity contribution in [2.45, 2.75) is 26.4 Å². The van der Waals surface area contributed by atoms with E-state index in [4.69, 9.17) is 9.47 Å². The molecule has 0 aliphatic carbocycles. The molecule has 4 rings (SSSR count). The first-order valence-electron chi connectivity index (χ1n) is 10.5. The second kappa shape index (κ2) is 9.11. The quantitative estimate of drug-likeness (QED) is 0.316. The molecule has 6 nitrogen and oxygen atoms in total. The molecule has 1 N–H and O–H groups in total. The molecule has 2 heterocycles. The maximum atomic E-state index is 13.2. The lowest BCUT2D eigenvalue weighted by Crippen LogP contribution is -2.28. The molecule has 1 unspecified atom stereocenters. The minimum absolute atomic E-state index is 0.0621. The minimum Gasteiger partial charge on any atom is -0.507 e. The topological polar surface area (TPSA) is 76.1 Å². The number of rotatable bonds is 6. The van der Waals surface area contributed by atoms with Gasteiger partial charge in [0.15, 0.2) is 11.5 Å². The Labute approximate surface area is 196 Å². The molecule has 33 heavy (non-hydrogen) atoms. The Kier molecular flexibility index (Phi) is 6.24. The molecular formula is C26H25NO5S. The number of nitrogens with zero attached hydrogens (tertiary/aromatic N) is 1. The molecular weight excluding hydrogens is 438 g/mol. The SMILES string of the molecule is COc1ccc(C2/C(=C(/O)c3ccc(C)c(C)c3)C(=O)C(=O)N2Cc2cccs2)cc1OC. The Balaban J connectivity index is 1.90. The molecule has 0 bridgehead atoms. The second-order valence-electron chi connectivity index (χ2n) is 7.92. The van der Waals surface area contributed by atoms with Crippen molar-refractivity contribution >= 4 is 28.8 Å². The number of carbonyl (C=O) groups excluding carboxylic acids is 2. The van der Waals surface area contributed by atoms with Crippen LogP contribution in [0, 0.1) is 13.8 Å². The highest BCUT2D eigenvalue weighted by molar-refractivity contribution is 7.09. The van der Waals surface area contributed by atoms with E-state index in [1.807, 2.05) is 43.5 Å². The van der Waals surface area contributed by atoms with E-state index in [0.717, 1.165) is 16.0 Å². The van der Waals surface area contributed by atoms with Crippen molar-refractivity contribution in [2.75, 3.05) is 14.2 Å². The molecule has 1 saturated heterocycles.